The lowest BCUT2D eigenvalue weighted by atomic mass is 10.1. The number of aryl methyl sites for hydroxylation is 1. The molecule has 0 aliphatic heterocycles. The highest BCUT2D eigenvalue weighted by Gasteiger charge is 2.14. The van der Waals surface area contributed by atoms with E-state index in [9.17, 15) is 14.0 Å². The van der Waals surface area contributed by atoms with Crippen LogP contribution in [0, 0.1) is 10.6 Å². The van der Waals surface area contributed by atoms with Crippen LogP contribution in [0.5, 0.6) is 0 Å². The number of aromatic nitrogens is 5. The summed E-state index contributed by atoms with van der Waals surface area (Å²) in [4.78, 5) is 28.7. The summed E-state index contributed by atoms with van der Waals surface area (Å²) in [5.74, 6) is -0.933. The van der Waals surface area contributed by atoms with Crippen molar-refractivity contribution in [3.8, 4) is 5.69 Å². The van der Waals surface area contributed by atoms with Crippen LogP contribution in [0.25, 0.3) is 27.6 Å². The largest absolute Gasteiger partial charge is 0.331 e. The molecule has 8 nitrogen and oxygen atoms in total. The molecule has 0 saturated carbocycles. The highest BCUT2D eigenvalue weighted by atomic mass is 32.1. The van der Waals surface area contributed by atoms with E-state index >= 15 is 0 Å². The number of rotatable bonds is 3. The maximum atomic E-state index is 14.2. The van der Waals surface area contributed by atoms with Gasteiger partial charge in [0.05, 0.1) is 22.1 Å². The normalized spacial score (nSPS) is 11.2. The zero-order valence-corrected chi connectivity index (χ0v) is 17.5. The molecule has 5 rings (SSSR count). The van der Waals surface area contributed by atoms with E-state index in [0.29, 0.717) is 22.3 Å². The van der Waals surface area contributed by atoms with E-state index in [2.05, 4.69) is 20.6 Å². The maximum Gasteiger partial charge on any atom is 0.266 e. The van der Waals surface area contributed by atoms with Crippen molar-refractivity contribution in [2.75, 3.05) is 5.32 Å². The Morgan fingerprint density at radius 3 is 2.75 bits per heavy atom. The van der Waals surface area contributed by atoms with Gasteiger partial charge in [0.1, 0.15) is 11.3 Å². The van der Waals surface area contributed by atoms with Crippen LogP contribution >= 0.6 is 12.2 Å². The van der Waals surface area contributed by atoms with Crippen molar-refractivity contribution in [1.82, 2.24) is 24.5 Å². The number of nitrogens with zero attached hydrogens (tertiary/aromatic N) is 4. The number of H-pyrrole nitrogens is 1. The third kappa shape index (κ3) is 3.26. The first kappa shape index (κ1) is 19.8. The molecule has 158 valence electrons. The van der Waals surface area contributed by atoms with Crippen molar-refractivity contribution in [1.29, 1.82) is 0 Å². The highest BCUT2D eigenvalue weighted by molar-refractivity contribution is 7.71. The molecule has 2 aromatic heterocycles. The molecule has 0 aliphatic rings. The summed E-state index contributed by atoms with van der Waals surface area (Å²) in [7, 11) is 1.78. The van der Waals surface area contributed by atoms with Crippen LogP contribution < -0.4 is 10.9 Å². The molecule has 0 radical (unpaired) electrons. The van der Waals surface area contributed by atoms with E-state index in [-0.39, 0.29) is 21.8 Å². The molecular weight excluding hydrogens is 431 g/mol. The van der Waals surface area contributed by atoms with Crippen molar-refractivity contribution in [3.63, 3.8) is 0 Å². The molecule has 0 saturated heterocycles. The quantitative estimate of drug-likeness (QED) is 0.412. The molecule has 0 spiro atoms. The number of hydrogen-bond acceptors (Lipinski definition) is 5. The van der Waals surface area contributed by atoms with Gasteiger partial charge >= 0.3 is 0 Å². The van der Waals surface area contributed by atoms with Crippen LogP contribution in [0.2, 0.25) is 0 Å². The molecule has 5 aromatic rings. The minimum absolute atomic E-state index is 0.0262. The second kappa shape index (κ2) is 7.50. The van der Waals surface area contributed by atoms with Gasteiger partial charge in [-0.25, -0.2) is 13.6 Å². The standard InChI is InChI=1S/C22H15FN6O2S/c1-28-19-9-7-13(11-17(19)26-27-28)24-20(30)12-6-8-14-16(10-12)25-22(32)29(21(14)31)18-5-3-2-4-15(18)23/h2-11H,1H3,(H,24,30)(H,25,32). The number of carbonyl (C=O) groups excluding carboxylic acids is 1. The van der Waals surface area contributed by atoms with Gasteiger partial charge in [-0.2, -0.15) is 0 Å². The van der Waals surface area contributed by atoms with E-state index in [1.54, 1.807) is 29.9 Å². The van der Waals surface area contributed by atoms with Gasteiger partial charge in [0, 0.05) is 18.3 Å². The lowest BCUT2D eigenvalue weighted by Gasteiger charge is -2.10. The molecule has 0 bridgehead atoms. The van der Waals surface area contributed by atoms with E-state index in [1.807, 2.05) is 6.07 Å². The number of hydrogen-bond donors (Lipinski definition) is 2. The average Bonchev–Trinajstić information content (AvgIpc) is 3.14. The molecule has 0 aliphatic carbocycles. The fourth-order valence-electron chi connectivity index (χ4n) is 3.53. The Kier molecular flexibility index (Phi) is 4.63. The first-order valence-electron chi connectivity index (χ1n) is 9.57. The van der Waals surface area contributed by atoms with Gasteiger partial charge in [-0.05, 0) is 60.7 Å². The van der Waals surface area contributed by atoms with Gasteiger partial charge in [0.15, 0.2) is 4.77 Å². The predicted octanol–water partition coefficient (Wildman–Crippen LogP) is 3.72. The summed E-state index contributed by atoms with van der Waals surface area (Å²) in [6, 6.07) is 15.8. The van der Waals surface area contributed by atoms with E-state index < -0.39 is 11.4 Å². The number of benzene rings is 3. The van der Waals surface area contributed by atoms with Crippen LogP contribution in [0.15, 0.2) is 65.5 Å². The zero-order valence-electron chi connectivity index (χ0n) is 16.7. The number of halogens is 1. The molecule has 0 fully saturated rings. The van der Waals surface area contributed by atoms with Crippen molar-refractivity contribution in [3.05, 3.63) is 87.2 Å². The van der Waals surface area contributed by atoms with Gasteiger partial charge in [-0.3, -0.25) is 9.59 Å². The average molecular weight is 446 g/mol. The van der Waals surface area contributed by atoms with Crippen LogP contribution in [0.1, 0.15) is 10.4 Å². The predicted molar refractivity (Wildman–Crippen MR) is 121 cm³/mol. The number of aromatic amines is 1. The SMILES string of the molecule is Cn1nnc2cc(NC(=O)c3ccc4c(=O)n(-c5ccccc5F)c(=S)[nH]c4c3)ccc21. The van der Waals surface area contributed by atoms with E-state index in [4.69, 9.17) is 12.2 Å². The maximum absolute atomic E-state index is 14.2. The Hall–Kier alpha value is -4.18. The van der Waals surface area contributed by atoms with Crippen molar-refractivity contribution >= 4 is 45.7 Å². The van der Waals surface area contributed by atoms with E-state index in [1.165, 1.54) is 36.4 Å². The minimum atomic E-state index is -0.565. The summed E-state index contributed by atoms with van der Waals surface area (Å²) in [6.07, 6.45) is 0. The molecule has 0 unspecified atom stereocenters. The molecule has 2 N–H and O–H groups in total. The summed E-state index contributed by atoms with van der Waals surface area (Å²) >= 11 is 5.29. The number of amides is 1. The summed E-state index contributed by atoms with van der Waals surface area (Å²) in [6.45, 7) is 0. The second-order valence-electron chi connectivity index (χ2n) is 7.15. The summed E-state index contributed by atoms with van der Waals surface area (Å²) in [5, 5.41) is 11.1. The summed E-state index contributed by atoms with van der Waals surface area (Å²) in [5.41, 5.74) is 2.34. The van der Waals surface area contributed by atoms with Crippen molar-refractivity contribution in [2.24, 2.45) is 7.05 Å². The number of para-hydroxylation sites is 1. The smallest absolute Gasteiger partial charge is 0.266 e. The first-order chi connectivity index (χ1) is 15.4. The molecular formula is C22H15FN6O2S. The Morgan fingerprint density at radius 1 is 1.12 bits per heavy atom. The van der Waals surface area contributed by atoms with Crippen LogP contribution in [-0.4, -0.2) is 30.5 Å². The van der Waals surface area contributed by atoms with Gasteiger partial charge in [0.25, 0.3) is 11.5 Å². The number of fused-ring (bicyclic) bond motifs is 2. The third-order valence-electron chi connectivity index (χ3n) is 5.12. The molecule has 0 atom stereocenters. The van der Waals surface area contributed by atoms with Gasteiger partial charge in [0.2, 0.25) is 0 Å². The number of nitrogens with one attached hydrogen (secondary N) is 2. The lowest BCUT2D eigenvalue weighted by molar-refractivity contribution is 0.102. The number of anilines is 1. The monoisotopic (exact) mass is 446 g/mol. The molecule has 2 heterocycles. The minimum Gasteiger partial charge on any atom is -0.331 e. The van der Waals surface area contributed by atoms with Crippen molar-refractivity contribution in [2.45, 2.75) is 0 Å². The molecule has 32 heavy (non-hydrogen) atoms. The fourth-order valence-corrected chi connectivity index (χ4v) is 3.82. The molecule has 1 amide bonds. The Balaban J connectivity index is 1.52. The summed E-state index contributed by atoms with van der Waals surface area (Å²) < 4.78 is 17.0. The van der Waals surface area contributed by atoms with Gasteiger partial charge < -0.3 is 10.3 Å². The van der Waals surface area contributed by atoms with E-state index in [0.717, 1.165) is 10.1 Å². The highest BCUT2D eigenvalue weighted by Crippen LogP contribution is 2.19. The molecule has 3 aromatic carbocycles. The van der Waals surface area contributed by atoms with Crippen LogP contribution in [-0.2, 0) is 7.05 Å². The number of carbonyl (C=O) groups is 1. The van der Waals surface area contributed by atoms with Gasteiger partial charge in [-0.15, -0.1) is 5.10 Å². The third-order valence-corrected chi connectivity index (χ3v) is 5.41. The molecule has 10 heteroatoms. The first-order valence-corrected chi connectivity index (χ1v) is 9.98. The second-order valence-corrected chi connectivity index (χ2v) is 7.54. The Bertz CT molecular complexity index is 1650. The van der Waals surface area contributed by atoms with Crippen LogP contribution in [0.3, 0.4) is 0 Å². The van der Waals surface area contributed by atoms with Gasteiger partial charge in [-0.1, -0.05) is 17.3 Å². The zero-order chi connectivity index (χ0) is 22.4. The lowest BCUT2D eigenvalue weighted by Crippen LogP contribution is -2.22. The Labute approximate surface area is 184 Å². The Morgan fingerprint density at radius 2 is 1.94 bits per heavy atom. The van der Waals surface area contributed by atoms with Crippen molar-refractivity contribution < 1.29 is 9.18 Å². The fraction of sp³-hybridized carbons (Fsp3) is 0.0455. The van der Waals surface area contributed by atoms with Crippen LogP contribution in [0.4, 0.5) is 10.1 Å². The topological polar surface area (TPSA) is 97.6 Å².